The van der Waals surface area contributed by atoms with Crippen molar-refractivity contribution >= 4 is 45.8 Å². The molecule has 1 saturated heterocycles. The first-order valence-electron chi connectivity index (χ1n) is 5.79. The van der Waals surface area contributed by atoms with Crippen molar-refractivity contribution in [3.8, 4) is 0 Å². The molecular weight excluding hydrogens is 305 g/mol. The summed E-state index contributed by atoms with van der Waals surface area (Å²) in [6.07, 6.45) is 0.886. The van der Waals surface area contributed by atoms with Crippen molar-refractivity contribution < 1.29 is 4.21 Å². The van der Waals surface area contributed by atoms with Crippen LogP contribution in [0.15, 0.2) is 29.3 Å². The molecule has 1 unspecified atom stereocenters. The van der Waals surface area contributed by atoms with E-state index < -0.39 is 10.8 Å². The quantitative estimate of drug-likeness (QED) is 0.922. The average Bonchev–Trinajstić information content (AvgIpc) is 2.91. The maximum absolute atomic E-state index is 12.4. The van der Waals surface area contributed by atoms with Gasteiger partial charge < -0.3 is 5.32 Å². The molecule has 0 radical (unpaired) electrons. The van der Waals surface area contributed by atoms with Crippen molar-refractivity contribution in [2.45, 2.75) is 16.7 Å². The Kier molecular flexibility index (Phi) is 4.73. The fourth-order valence-corrected chi connectivity index (χ4v) is 3.74. The largest absolute Gasteiger partial charge is 0.315 e. The van der Waals surface area contributed by atoms with Crippen LogP contribution in [-0.4, -0.2) is 32.5 Å². The lowest BCUT2D eigenvalue weighted by atomic mass is 10.3. The van der Waals surface area contributed by atoms with E-state index in [1.165, 1.54) is 0 Å². The normalized spacial score (nSPS) is 20.2. The molecule has 1 aliphatic rings. The molecule has 2 heterocycles. The number of hydrogen-bond acceptors (Lipinski definition) is 4. The van der Waals surface area contributed by atoms with Crippen molar-refractivity contribution in [1.82, 2.24) is 15.3 Å². The van der Waals surface area contributed by atoms with Gasteiger partial charge in [0.25, 0.3) is 0 Å². The summed E-state index contributed by atoms with van der Waals surface area (Å²) in [6, 6.07) is 7.46. The number of hydrogen-bond donors (Lipinski definition) is 1. The molecule has 0 bridgehead atoms. The summed E-state index contributed by atoms with van der Waals surface area (Å²) in [5.74, 6) is 0. The van der Waals surface area contributed by atoms with Crippen LogP contribution in [0.1, 0.15) is 6.42 Å². The predicted molar refractivity (Wildman–Crippen MR) is 79.5 cm³/mol. The predicted octanol–water partition coefficient (Wildman–Crippen LogP) is 2.17. The van der Waals surface area contributed by atoms with E-state index in [9.17, 15) is 4.21 Å². The van der Waals surface area contributed by atoms with Crippen LogP contribution in [-0.2, 0) is 10.8 Å². The van der Waals surface area contributed by atoms with E-state index >= 15 is 0 Å². The van der Waals surface area contributed by atoms with Gasteiger partial charge >= 0.3 is 0 Å². The van der Waals surface area contributed by atoms with E-state index in [2.05, 4.69) is 15.3 Å². The fraction of sp³-hybridized carbons (Fsp3) is 0.333. The van der Waals surface area contributed by atoms with Gasteiger partial charge in [-0.3, -0.25) is 4.21 Å². The van der Waals surface area contributed by atoms with Gasteiger partial charge in [0.1, 0.15) is 0 Å². The highest BCUT2D eigenvalue weighted by molar-refractivity contribution is 7.85. The number of para-hydroxylation sites is 2. The van der Waals surface area contributed by atoms with Crippen LogP contribution in [0, 0.1) is 0 Å². The molecule has 0 saturated carbocycles. The molecule has 2 atom stereocenters. The molecule has 4 nitrogen and oxygen atoms in total. The van der Waals surface area contributed by atoms with Crippen molar-refractivity contribution in [3.05, 3.63) is 29.4 Å². The van der Waals surface area contributed by atoms with Crippen molar-refractivity contribution in [2.75, 3.05) is 13.1 Å². The van der Waals surface area contributed by atoms with E-state index in [0.717, 1.165) is 30.5 Å². The lowest BCUT2D eigenvalue weighted by molar-refractivity contribution is 0.669. The Morgan fingerprint density at radius 1 is 1.26 bits per heavy atom. The molecule has 1 N–H and O–H groups in total. The van der Waals surface area contributed by atoms with E-state index in [4.69, 9.17) is 11.6 Å². The number of nitrogens with zero attached hydrogens (tertiary/aromatic N) is 2. The minimum Gasteiger partial charge on any atom is -0.315 e. The standard InChI is InChI=1S/C12H12ClN3OS.ClH/c13-11-12(18(17)8-5-6-14-7-8)16-10-4-2-1-3-9(10)15-11;/h1-4,8,14H,5-7H2;1H/t8-,18?;/m0./s1. The van der Waals surface area contributed by atoms with Gasteiger partial charge in [0.2, 0.25) is 0 Å². The van der Waals surface area contributed by atoms with E-state index in [-0.39, 0.29) is 22.8 Å². The van der Waals surface area contributed by atoms with Gasteiger partial charge in [0, 0.05) is 6.54 Å². The van der Waals surface area contributed by atoms with Gasteiger partial charge in [0.15, 0.2) is 10.2 Å². The van der Waals surface area contributed by atoms with Crippen LogP contribution < -0.4 is 5.32 Å². The summed E-state index contributed by atoms with van der Waals surface area (Å²) in [5.41, 5.74) is 1.46. The summed E-state index contributed by atoms with van der Waals surface area (Å²) in [5, 5.41) is 3.93. The van der Waals surface area contributed by atoms with Gasteiger partial charge in [-0.1, -0.05) is 23.7 Å². The van der Waals surface area contributed by atoms with E-state index in [0.29, 0.717) is 5.03 Å². The number of nitrogens with one attached hydrogen (secondary N) is 1. The number of aromatic nitrogens is 2. The molecule has 0 spiro atoms. The zero-order chi connectivity index (χ0) is 12.5. The monoisotopic (exact) mass is 317 g/mol. The SMILES string of the molecule is Cl.O=S(c1nc2ccccc2nc1Cl)[C@H]1CCNC1. The first-order valence-corrected chi connectivity index (χ1v) is 7.38. The summed E-state index contributed by atoms with van der Waals surface area (Å²) in [6.45, 7) is 1.65. The molecule has 3 rings (SSSR count). The smallest absolute Gasteiger partial charge is 0.165 e. The van der Waals surface area contributed by atoms with Crippen LogP contribution in [0.5, 0.6) is 0 Å². The maximum Gasteiger partial charge on any atom is 0.165 e. The first kappa shape index (κ1) is 14.7. The molecule has 2 aromatic rings. The van der Waals surface area contributed by atoms with Gasteiger partial charge in [-0.05, 0) is 25.1 Å². The van der Waals surface area contributed by atoms with Gasteiger partial charge in [-0.25, -0.2) is 9.97 Å². The zero-order valence-electron chi connectivity index (χ0n) is 10.0. The lowest BCUT2D eigenvalue weighted by Crippen LogP contribution is -2.20. The van der Waals surface area contributed by atoms with Gasteiger partial charge in [-0.2, -0.15) is 0 Å². The van der Waals surface area contributed by atoms with Crippen LogP contribution >= 0.6 is 24.0 Å². The topological polar surface area (TPSA) is 54.9 Å². The number of fused-ring (bicyclic) bond motifs is 1. The average molecular weight is 318 g/mol. The number of halogens is 2. The van der Waals surface area contributed by atoms with Gasteiger partial charge in [-0.15, -0.1) is 12.4 Å². The fourth-order valence-electron chi connectivity index (χ4n) is 2.06. The summed E-state index contributed by atoms with van der Waals surface area (Å²) >= 11 is 6.09. The van der Waals surface area contributed by atoms with Crippen molar-refractivity contribution in [1.29, 1.82) is 0 Å². The Morgan fingerprint density at radius 3 is 2.58 bits per heavy atom. The molecule has 0 aliphatic carbocycles. The third-order valence-corrected chi connectivity index (χ3v) is 5.06. The first-order chi connectivity index (χ1) is 8.75. The summed E-state index contributed by atoms with van der Waals surface area (Å²) in [4.78, 5) is 8.65. The van der Waals surface area contributed by atoms with Crippen LogP contribution in [0.4, 0.5) is 0 Å². The minimum atomic E-state index is -1.19. The molecule has 102 valence electrons. The van der Waals surface area contributed by atoms with Crippen molar-refractivity contribution in [3.63, 3.8) is 0 Å². The number of rotatable bonds is 2. The second-order valence-electron chi connectivity index (χ2n) is 4.22. The Labute approximate surface area is 124 Å². The summed E-state index contributed by atoms with van der Waals surface area (Å²) in [7, 11) is -1.19. The van der Waals surface area contributed by atoms with Crippen molar-refractivity contribution in [2.24, 2.45) is 0 Å². The van der Waals surface area contributed by atoms with E-state index in [1.54, 1.807) is 0 Å². The molecular formula is C12H13Cl2N3OS. The van der Waals surface area contributed by atoms with Gasteiger partial charge in [0.05, 0.1) is 27.1 Å². The second-order valence-corrected chi connectivity index (χ2v) is 6.23. The second kappa shape index (κ2) is 6.13. The molecule has 1 fully saturated rings. The van der Waals surface area contributed by atoms with Crippen LogP contribution in [0.2, 0.25) is 5.15 Å². The molecule has 1 aromatic heterocycles. The molecule has 19 heavy (non-hydrogen) atoms. The summed E-state index contributed by atoms with van der Waals surface area (Å²) < 4.78 is 12.4. The minimum absolute atomic E-state index is 0. The molecule has 1 aliphatic heterocycles. The third kappa shape index (κ3) is 2.89. The molecule has 7 heteroatoms. The zero-order valence-corrected chi connectivity index (χ0v) is 12.4. The van der Waals surface area contributed by atoms with Crippen LogP contribution in [0.3, 0.4) is 0 Å². The Morgan fingerprint density at radius 2 is 1.95 bits per heavy atom. The Balaban J connectivity index is 0.00000133. The van der Waals surface area contributed by atoms with E-state index in [1.807, 2.05) is 24.3 Å². The Hall–Kier alpha value is -0.750. The molecule has 1 aromatic carbocycles. The Bertz CT molecular complexity index is 617. The lowest BCUT2D eigenvalue weighted by Gasteiger charge is -2.09. The molecule has 0 amide bonds. The highest BCUT2D eigenvalue weighted by Crippen LogP contribution is 2.23. The highest BCUT2D eigenvalue weighted by Gasteiger charge is 2.25. The van der Waals surface area contributed by atoms with Crippen LogP contribution in [0.25, 0.3) is 11.0 Å². The highest BCUT2D eigenvalue weighted by atomic mass is 35.5. The third-order valence-electron chi connectivity index (χ3n) is 3.01. The number of benzene rings is 1. The maximum atomic E-state index is 12.4.